The first-order valence-corrected chi connectivity index (χ1v) is 5.74. The normalized spacial score (nSPS) is 45.0. The first kappa shape index (κ1) is 8.60. The fraction of sp³-hybridized carbons (Fsp3) is 1.00. The lowest BCUT2D eigenvalue weighted by Crippen LogP contribution is -2.29. The van der Waals surface area contributed by atoms with Gasteiger partial charge < -0.3 is 0 Å². The zero-order valence-corrected chi connectivity index (χ0v) is 9.49. The summed E-state index contributed by atoms with van der Waals surface area (Å²) in [5.74, 6) is 0. The van der Waals surface area contributed by atoms with Crippen LogP contribution < -0.4 is 0 Å². The van der Waals surface area contributed by atoms with Gasteiger partial charge in [0, 0.05) is 8.75 Å². The van der Waals surface area contributed by atoms with Crippen LogP contribution in [0.5, 0.6) is 0 Å². The molecule has 3 heteroatoms. The summed E-state index contributed by atoms with van der Waals surface area (Å²) in [6, 6.07) is 0. The zero-order chi connectivity index (χ0) is 6.85. The van der Waals surface area contributed by atoms with Crippen LogP contribution in [0.15, 0.2) is 0 Å². The Kier molecular flexibility index (Phi) is 3.60. The van der Waals surface area contributed by atoms with Crippen LogP contribution in [0.4, 0.5) is 0 Å². The van der Waals surface area contributed by atoms with Gasteiger partial charge in [0.2, 0.25) is 0 Å². The molecule has 0 amide bonds. The first-order valence-electron chi connectivity index (χ1n) is 3.14. The highest BCUT2D eigenvalue weighted by molar-refractivity contribution is 14.1. The third kappa shape index (κ3) is 2.22. The Labute approximate surface area is 83.0 Å². The molecule has 1 rings (SSSR count). The summed E-state index contributed by atoms with van der Waals surface area (Å²) in [5, 5.41) is 0.347. The molecule has 9 heavy (non-hydrogen) atoms. The van der Waals surface area contributed by atoms with Gasteiger partial charge in [-0.05, 0) is 12.8 Å². The van der Waals surface area contributed by atoms with Crippen molar-refractivity contribution in [1.29, 1.82) is 0 Å². The van der Waals surface area contributed by atoms with Gasteiger partial charge in [-0.1, -0.05) is 44.9 Å². The van der Waals surface area contributed by atoms with Gasteiger partial charge in [-0.25, -0.2) is 0 Å². The minimum Gasteiger partial charge on any atom is -0.121 e. The molecule has 3 unspecified atom stereocenters. The van der Waals surface area contributed by atoms with Gasteiger partial charge in [-0.3, -0.25) is 0 Å². The van der Waals surface area contributed by atoms with E-state index in [1.807, 2.05) is 0 Å². The lowest BCUT2D eigenvalue weighted by Gasteiger charge is -2.26. The molecule has 1 saturated carbocycles. The van der Waals surface area contributed by atoms with Gasteiger partial charge in [0.25, 0.3) is 0 Å². The van der Waals surface area contributed by atoms with Gasteiger partial charge in [0.15, 0.2) is 0 Å². The average Bonchev–Trinajstić information content (AvgIpc) is 1.83. The van der Waals surface area contributed by atoms with Crippen molar-refractivity contribution in [3.63, 3.8) is 0 Å². The molecule has 1 aliphatic rings. The second-order valence-corrected chi connectivity index (χ2v) is 5.69. The second kappa shape index (κ2) is 3.77. The number of rotatable bonds is 0. The lowest BCUT2D eigenvalue weighted by molar-refractivity contribution is 0.552. The van der Waals surface area contributed by atoms with Crippen LogP contribution in [0.25, 0.3) is 0 Å². The molecule has 0 saturated heterocycles. The summed E-state index contributed by atoms with van der Waals surface area (Å²) in [6.07, 6.45) is 3.86. The third-order valence-electron chi connectivity index (χ3n) is 1.65. The lowest BCUT2D eigenvalue weighted by atomic mass is 10.0. The topological polar surface area (TPSA) is 0 Å². The summed E-state index contributed by atoms with van der Waals surface area (Å²) < 4.78 is 0.669. The summed E-state index contributed by atoms with van der Waals surface area (Å²) >= 11 is 12.1. The predicted molar refractivity (Wildman–Crippen MR) is 54.0 cm³/mol. The first-order chi connectivity index (χ1) is 4.22. The predicted octanol–water partition coefficient (Wildman–Crippen LogP) is 3.34. The Balaban J connectivity index is 2.41. The minimum absolute atomic E-state index is 0.347. The van der Waals surface area contributed by atoms with E-state index in [1.54, 1.807) is 0 Å². The Morgan fingerprint density at radius 1 is 1.44 bits per heavy atom. The molecule has 0 spiro atoms. The molecule has 0 nitrogen and oxygen atoms in total. The Bertz CT molecular complexity index is 89.1. The summed E-state index contributed by atoms with van der Waals surface area (Å²) in [7, 11) is 0. The average molecular weight is 323 g/mol. The van der Waals surface area contributed by atoms with Crippen LogP contribution in [0, 0.1) is 0 Å². The van der Waals surface area contributed by atoms with Crippen LogP contribution in [0.2, 0.25) is 0 Å². The van der Waals surface area contributed by atoms with Crippen molar-refractivity contribution < 1.29 is 0 Å². The summed E-state index contributed by atoms with van der Waals surface area (Å²) in [6.45, 7) is 0. The van der Waals surface area contributed by atoms with Crippen molar-refractivity contribution in [1.82, 2.24) is 0 Å². The number of halogens is 3. The number of alkyl halides is 3. The van der Waals surface area contributed by atoms with Crippen molar-refractivity contribution in [3.05, 3.63) is 0 Å². The largest absolute Gasteiger partial charge is 0.121 e. The molecule has 0 aliphatic heterocycles. The van der Waals surface area contributed by atoms with Crippen LogP contribution >= 0.6 is 50.1 Å². The van der Waals surface area contributed by atoms with Crippen LogP contribution in [-0.2, 0) is 0 Å². The molecule has 3 atom stereocenters. The van der Waals surface area contributed by atoms with E-state index < -0.39 is 0 Å². The molecule has 0 aromatic heterocycles. The maximum atomic E-state index is 6.06. The smallest absolute Gasteiger partial charge is 0.0578 e. The van der Waals surface area contributed by atoms with Crippen molar-refractivity contribution in [2.24, 2.45) is 0 Å². The van der Waals surface area contributed by atoms with Crippen molar-refractivity contribution in [2.75, 3.05) is 0 Å². The van der Waals surface area contributed by atoms with Crippen molar-refractivity contribution in [2.45, 2.75) is 33.4 Å². The van der Waals surface area contributed by atoms with E-state index in [0.717, 1.165) is 0 Å². The Morgan fingerprint density at radius 3 is 2.56 bits per heavy atom. The molecule has 1 fully saturated rings. The highest BCUT2D eigenvalue weighted by Crippen LogP contribution is 2.33. The third-order valence-corrected chi connectivity index (χ3v) is 5.41. The molecule has 54 valence electrons. The van der Waals surface area contributed by atoms with E-state index in [1.165, 1.54) is 19.3 Å². The Hall–Kier alpha value is 1.50. The van der Waals surface area contributed by atoms with Gasteiger partial charge >= 0.3 is 0 Å². The fourth-order valence-electron chi connectivity index (χ4n) is 1.05. The highest BCUT2D eigenvalue weighted by atomic mass is 127. The summed E-state index contributed by atoms with van der Waals surface area (Å²) in [5.41, 5.74) is 0. The fourth-order valence-corrected chi connectivity index (χ4v) is 3.51. The molecule has 1 aliphatic carbocycles. The van der Waals surface area contributed by atoms with Crippen molar-refractivity contribution in [3.8, 4) is 0 Å². The van der Waals surface area contributed by atoms with Crippen LogP contribution in [0.1, 0.15) is 19.3 Å². The molecular weight excluding hydrogens is 314 g/mol. The molecule has 0 N–H and O–H groups in total. The van der Waals surface area contributed by atoms with Gasteiger partial charge in [0.1, 0.15) is 0 Å². The molecule has 0 aromatic rings. The standard InChI is InChI=1S/C6H9BrClI/c7-4-2-1-3-5(9)6(4)8/h4-6H,1-3H2. The molecule has 0 bridgehead atoms. The molecule has 0 aromatic carbocycles. The second-order valence-electron chi connectivity index (χ2n) is 2.41. The van der Waals surface area contributed by atoms with Gasteiger partial charge in [-0.2, -0.15) is 0 Å². The van der Waals surface area contributed by atoms with E-state index >= 15 is 0 Å². The number of hydrogen-bond donors (Lipinski definition) is 0. The van der Waals surface area contributed by atoms with E-state index in [2.05, 4.69) is 38.5 Å². The van der Waals surface area contributed by atoms with E-state index in [9.17, 15) is 0 Å². The quantitative estimate of drug-likeness (QED) is 0.474. The van der Waals surface area contributed by atoms with E-state index in [-0.39, 0.29) is 0 Å². The molecule has 0 radical (unpaired) electrons. The SMILES string of the molecule is ClC1C(Br)CCCC1I. The minimum atomic E-state index is 0.347. The van der Waals surface area contributed by atoms with E-state index in [4.69, 9.17) is 11.6 Å². The van der Waals surface area contributed by atoms with Crippen LogP contribution in [-0.4, -0.2) is 14.1 Å². The number of hydrogen-bond acceptors (Lipinski definition) is 0. The van der Waals surface area contributed by atoms with Crippen LogP contribution in [0.3, 0.4) is 0 Å². The van der Waals surface area contributed by atoms with Gasteiger partial charge in [0.05, 0.1) is 5.38 Å². The summed E-state index contributed by atoms with van der Waals surface area (Å²) in [4.78, 5) is 0.551. The maximum absolute atomic E-state index is 6.06. The maximum Gasteiger partial charge on any atom is 0.0578 e. The molecular formula is C6H9BrClI. The Morgan fingerprint density at radius 2 is 2.11 bits per heavy atom. The highest BCUT2D eigenvalue weighted by Gasteiger charge is 2.27. The van der Waals surface area contributed by atoms with E-state index in [0.29, 0.717) is 14.1 Å². The monoisotopic (exact) mass is 322 g/mol. The van der Waals surface area contributed by atoms with Gasteiger partial charge in [-0.15, -0.1) is 11.6 Å². The van der Waals surface area contributed by atoms with Crippen molar-refractivity contribution >= 4 is 50.1 Å². The zero-order valence-electron chi connectivity index (χ0n) is 4.99. The molecule has 0 heterocycles.